The number of carbonyl (C=O) groups excluding carboxylic acids is 1. The molecule has 5 heteroatoms. The van der Waals surface area contributed by atoms with Crippen molar-refractivity contribution in [1.82, 2.24) is 9.88 Å². The van der Waals surface area contributed by atoms with Crippen LogP contribution < -0.4 is 5.73 Å². The number of likely N-dealkylation sites (tertiary alicyclic amines) is 1. The van der Waals surface area contributed by atoms with Gasteiger partial charge in [-0.25, -0.2) is 4.98 Å². The Labute approximate surface area is 123 Å². The van der Waals surface area contributed by atoms with E-state index >= 15 is 0 Å². The molecule has 2 N–H and O–H groups in total. The standard InChI is InChI=1S/C16H19N3O2/c1-11-14(16(20)19-9-5-8-13(17)10-19)21-15(18-11)12-6-3-2-4-7-12/h2-4,6-7,13H,5,8-10,17H2,1H3. The van der Waals surface area contributed by atoms with E-state index in [4.69, 9.17) is 10.2 Å². The van der Waals surface area contributed by atoms with Crippen LogP contribution in [0.15, 0.2) is 34.7 Å². The van der Waals surface area contributed by atoms with Crippen molar-refractivity contribution in [1.29, 1.82) is 0 Å². The fraction of sp³-hybridized carbons (Fsp3) is 0.375. The highest BCUT2D eigenvalue weighted by atomic mass is 16.4. The van der Waals surface area contributed by atoms with Crippen molar-refractivity contribution in [3.8, 4) is 11.5 Å². The number of aryl methyl sites for hydroxylation is 1. The third-order valence-electron chi connectivity index (χ3n) is 3.76. The van der Waals surface area contributed by atoms with Crippen LogP contribution in [0.4, 0.5) is 0 Å². The molecule has 110 valence electrons. The summed E-state index contributed by atoms with van der Waals surface area (Å²) in [5, 5.41) is 0. The average Bonchev–Trinajstić information content (AvgIpc) is 2.89. The molecule has 1 aromatic carbocycles. The molecule has 0 spiro atoms. The van der Waals surface area contributed by atoms with Crippen molar-refractivity contribution in [2.24, 2.45) is 5.73 Å². The molecule has 5 nitrogen and oxygen atoms in total. The number of nitrogens with two attached hydrogens (primary N) is 1. The summed E-state index contributed by atoms with van der Waals surface area (Å²) in [7, 11) is 0. The monoisotopic (exact) mass is 285 g/mol. The van der Waals surface area contributed by atoms with Crippen LogP contribution in [0.25, 0.3) is 11.5 Å². The van der Waals surface area contributed by atoms with E-state index in [9.17, 15) is 4.79 Å². The van der Waals surface area contributed by atoms with Gasteiger partial charge in [0, 0.05) is 24.7 Å². The molecule has 1 saturated heterocycles. The van der Waals surface area contributed by atoms with Crippen molar-refractivity contribution in [3.63, 3.8) is 0 Å². The van der Waals surface area contributed by atoms with Gasteiger partial charge < -0.3 is 15.1 Å². The highest BCUT2D eigenvalue weighted by molar-refractivity contribution is 5.93. The Bertz CT molecular complexity index is 636. The van der Waals surface area contributed by atoms with Gasteiger partial charge in [-0.3, -0.25) is 4.79 Å². The lowest BCUT2D eigenvalue weighted by Crippen LogP contribution is -2.45. The van der Waals surface area contributed by atoms with Gasteiger partial charge in [0.05, 0.1) is 5.69 Å². The van der Waals surface area contributed by atoms with Gasteiger partial charge in [-0.05, 0) is 31.9 Å². The number of oxazole rings is 1. The van der Waals surface area contributed by atoms with E-state index in [1.165, 1.54) is 0 Å². The Morgan fingerprint density at radius 1 is 1.38 bits per heavy atom. The number of piperidine rings is 1. The number of aromatic nitrogens is 1. The van der Waals surface area contributed by atoms with Gasteiger partial charge in [-0.2, -0.15) is 0 Å². The summed E-state index contributed by atoms with van der Waals surface area (Å²) in [4.78, 5) is 18.7. The minimum Gasteiger partial charge on any atom is -0.431 e. The molecule has 21 heavy (non-hydrogen) atoms. The molecule has 1 unspecified atom stereocenters. The molecule has 1 aromatic heterocycles. The van der Waals surface area contributed by atoms with Gasteiger partial charge >= 0.3 is 0 Å². The van der Waals surface area contributed by atoms with Gasteiger partial charge in [0.1, 0.15) is 0 Å². The number of hydrogen-bond donors (Lipinski definition) is 1. The Morgan fingerprint density at radius 3 is 2.86 bits per heavy atom. The second-order valence-corrected chi connectivity index (χ2v) is 5.45. The first-order valence-electron chi connectivity index (χ1n) is 7.23. The number of amides is 1. The maximum atomic E-state index is 12.5. The molecule has 1 atom stereocenters. The molecule has 2 aromatic rings. The predicted octanol–water partition coefficient (Wildman–Crippen LogP) is 2.21. The predicted molar refractivity (Wildman–Crippen MR) is 79.8 cm³/mol. The SMILES string of the molecule is Cc1nc(-c2ccccc2)oc1C(=O)N1CCCC(N)C1. The van der Waals surface area contributed by atoms with Crippen molar-refractivity contribution < 1.29 is 9.21 Å². The van der Waals surface area contributed by atoms with Crippen LogP contribution in [-0.4, -0.2) is 34.9 Å². The van der Waals surface area contributed by atoms with E-state index < -0.39 is 0 Å². The van der Waals surface area contributed by atoms with Crippen LogP contribution in [0.2, 0.25) is 0 Å². The Morgan fingerprint density at radius 2 is 2.14 bits per heavy atom. The lowest BCUT2D eigenvalue weighted by Gasteiger charge is -2.30. The number of carbonyl (C=O) groups is 1. The Kier molecular flexibility index (Phi) is 3.75. The number of hydrogen-bond acceptors (Lipinski definition) is 4. The van der Waals surface area contributed by atoms with Crippen LogP contribution in [-0.2, 0) is 0 Å². The van der Waals surface area contributed by atoms with E-state index in [0.29, 0.717) is 23.9 Å². The van der Waals surface area contributed by atoms with Crippen molar-refractivity contribution in [2.45, 2.75) is 25.8 Å². The quantitative estimate of drug-likeness (QED) is 0.918. The van der Waals surface area contributed by atoms with Crippen molar-refractivity contribution >= 4 is 5.91 Å². The van der Waals surface area contributed by atoms with Crippen LogP contribution >= 0.6 is 0 Å². The fourth-order valence-corrected chi connectivity index (χ4v) is 2.64. The zero-order valence-corrected chi connectivity index (χ0v) is 12.1. The summed E-state index contributed by atoms with van der Waals surface area (Å²) < 4.78 is 5.71. The largest absolute Gasteiger partial charge is 0.431 e. The van der Waals surface area contributed by atoms with Gasteiger partial charge in [-0.1, -0.05) is 18.2 Å². The van der Waals surface area contributed by atoms with Gasteiger partial charge in [-0.15, -0.1) is 0 Å². The molecule has 1 amide bonds. The third-order valence-corrected chi connectivity index (χ3v) is 3.76. The minimum absolute atomic E-state index is 0.0551. The molecule has 2 heterocycles. The number of rotatable bonds is 2. The molecule has 0 aliphatic carbocycles. The molecule has 0 saturated carbocycles. The molecular formula is C16H19N3O2. The smallest absolute Gasteiger partial charge is 0.291 e. The highest BCUT2D eigenvalue weighted by Crippen LogP contribution is 2.23. The summed E-state index contributed by atoms with van der Waals surface area (Å²) in [6.45, 7) is 3.11. The van der Waals surface area contributed by atoms with E-state index in [0.717, 1.165) is 24.9 Å². The lowest BCUT2D eigenvalue weighted by atomic mass is 10.1. The lowest BCUT2D eigenvalue weighted by molar-refractivity contribution is 0.0676. The van der Waals surface area contributed by atoms with E-state index in [1.807, 2.05) is 30.3 Å². The maximum absolute atomic E-state index is 12.5. The first-order chi connectivity index (χ1) is 10.1. The maximum Gasteiger partial charge on any atom is 0.291 e. The van der Waals surface area contributed by atoms with Crippen molar-refractivity contribution in [3.05, 3.63) is 41.8 Å². The normalized spacial score (nSPS) is 18.8. The van der Waals surface area contributed by atoms with Gasteiger partial charge in [0.25, 0.3) is 5.91 Å². The topological polar surface area (TPSA) is 72.4 Å². The number of benzene rings is 1. The zero-order chi connectivity index (χ0) is 14.8. The first-order valence-corrected chi connectivity index (χ1v) is 7.23. The summed E-state index contributed by atoms with van der Waals surface area (Å²) in [6, 6.07) is 9.65. The van der Waals surface area contributed by atoms with E-state index in [2.05, 4.69) is 4.98 Å². The van der Waals surface area contributed by atoms with Crippen molar-refractivity contribution in [2.75, 3.05) is 13.1 Å². The average molecular weight is 285 g/mol. The molecular weight excluding hydrogens is 266 g/mol. The molecule has 1 fully saturated rings. The number of nitrogens with zero attached hydrogens (tertiary/aromatic N) is 2. The van der Waals surface area contributed by atoms with Crippen LogP contribution in [0, 0.1) is 6.92 Å². The molecule has 0 bridgehead atoms. The highest BCUT2D eigenvalue weighted by Gasteiger charge is 2.27. The summed E-state index contributed by atoms with van der Waals surface area (Å²) in [5.41, 5.74) is 7.43. The second kappa shape index (κ2) is 5.69. The molecule has 3 rings (SSSR count). The minimum atomic E-state index is -0.114. The van der Waals surface area contributed by atoms with E-state index in [-0.39, 0.29) is 11.9 Å². The van der Waals surface area contributed by atoms with Crippen LogP contribution in [0.3, 0.4) is 0 Å². The Balaban J connectivity index is 1.86. The zero-order valence-electron chi connectivity index (χ0n) is 12.1. The van der Waals surface area contributed by atoms with E-state index in [1.54, 1.807) is 11.8 Å². The fourth-order valence-electron chi connectivity index (χ4n) is 2.64. The van der Waals surface area contributed by atoms with Crippen LogP contribution in [0.5, 0.6) is 0 Å². The Hall–Kier alpha value is -2.14. The first kappa shape index (κ1) is 13.8. The summed E-state index contributed by atoms with van der Waals surface area (Å²) >= 11 is 0. The molecule has 1 aliphatic heterocycles. The summed E-state index contributed by atoms with van der Waals surface area (Å²) in [5.74, 6) is 0.693. The molecule has 0 radical (unpaired) electrons. The second-order valence-electron chi connectivity index (χ2n) is 5.45. The third kappa shape index (κ3) is 2.83. The van der Waals surface area contributed by atoms with Gasteiger partial charge in [0.2, 0.25) is 11.7 Å². The van der Waals surface area contributed by atoms with Crippen LogP contribution in [0.1, 0.15) is 29.1 Å². The molecule has 1 aliphatic rings. The summed E-state index contributed by atoms with van der Waals surface area (Å²) in [6.07, 6.45) is 1.90. The van der Waals surface area contributed by atoms with Gasteiger partial charge in [0.15, 0.2) is 0 Å².